The van der Waals surface area contributed by atoms with Crippen molar-refractivity contribution < 1.29 is 27.5 Å². The Bertz CT molecular complexity index is 354. The van der Waals surface area contributed by atoms with Crippen LogP contribution in [-0.2, 0) is 28.9 Å². The molecule has 17 heavy (non-hydrogen) atoms. The van der Waals surface area contributed by atoms with Crippen LogP contribution in [0.5, 0.6) is 0 Å². The Morgan fingerprint density at radius 3 is 1.76 bits per heavy atom. The van der Waals surface area contributed by atoms with Gasteiger partial charge in [0.2, 0.25) is 0 Å². The van der Waals surface area contributed by atoms with Gasteiger partial charge in [0.1, 0.15) is 0 Å². The minimum Gasteiger partial charge on any atom is -0.468 e. The number of rotatable bonds is 6. The second-order valence-electron chi connectivity index (χ2n) is 3.80. The van der Waals surface area contributed by atoms with Gasteiger partial charge in [-0.25, -0.2) is 8.42 Å². The quantitative estimate of drug-likeness (QED) is 0.503. The van der Waals surface area contributed by atoms with Crippen molar-refractivity contribution in [3.05, 3.63) is 0 Å². The third kappa shape index (κ3) is 4.72. The first-order chi connectivity index (χ1) is 7.76. The largest absolute Gasteiger partial charge is 0.468 e. The molecule has 0 saturated heterocycles. The number of hydrogen-bond acceptors (Lipinski definition) is 6. The highest BCUT2D eigenvalue weighted by molar-refractivity contribution is 7.91. The minimum absolute atomic E-state index is 0.125. The molecule has 100 valence electrons. The van der Waals surface area contributed by atoms with Gasteiger partial charge in [-0.2, -0.15) is 0 Å². The third-order valence-electron chi connectivity index (χ3n) is 2.38. The van der Waals surface area contributed by atoms with Crippen LogP contribution in [0.15, 0.2) is 0 Å². The highest BCUT2D eigenvalue weighted by atomic mass is 32.2. The van der Waals surface area contributed by atoms with E-state index in [-0.39, 0.29) is 12.2 Å². The molecule has 0 unspecified atom stereocenters. The summed E-state index contributed by atoms with van der Waals surface area (Å²) in [4.78, 5) is 22.6. The Morgan fingerprint density at radius 1 is 1.06 bits per heavy atom. The van der Waals surface area contributed by atoms with Gasteiger partial charge in [0.15, 0.2) is 15.8 Å². The lowest BCUT2D eigenvalue weighted by molar-refractivity contribution is -0.158. The van der Waals surface area contributed by atoms with Gasteiger partial charge in [0.25, 0.3) is 0 Å². The van der Waals surface area contributed by atoms with Crippen LogP contribution in [0.1, 0.15) is 20.3 Å². The number of methoxy groups -OCH3 is 2. The molecule has 0 spiro atoms. The van der Waals surface area contributed by atoms with Gasteiger partial charge in [-0.1, -0.05) is 0 Å². The van der Waals surface area contributed by atoms with E-state index in [9.17, 15) is 18.0 Å². The van der Waals surface area contributed by atoms with Crippen molar-refractivity contribution in [3.8, 4) is 0 Å². The van der Waals surface area contributed by atoms with Crippen LogP contribution in [-0.4, -0.2) is 45.6 Å². The van der Waals surface area contributed by atoms with Gasteiger partial charge < -0.3 is 9.47 Å². The summed E-state index contributed by atoms with van der Waals surface area (Å²) < 4.78 is 32.0. The predicted molar refractivity (Wildman–Crippen MR) is 61.1 cm³/mol. The van der Waals surface area contributed by atoms with Crippen LogP contribution in [0, 0.1) is 5.92 Å². The Kier molecular flexibility index (Phi) is 6.15. The molecule has 0 aliphatic carbocycles. The van der Waals surface area contributed by atoms with Crippen LogP contribution in [0.2, 0.25) is 0 Å². The van der Waals surface area contributed by atoms with E-state index < -0.39 is 32.9 Å². The molecule has 0 aliphatic rings. The Hall–Kier alpha value is -1.11. The van der Waals surface area contributed by atoms with Gasteiger partial charge in [-0.15, -0.1) is 0 Å². The highest BCUT2D eigenvalue weighted by Gasteiger charge is 2.30. The molecule has 0 atom stereocenters. The van der Waals surface area contributed by atoms with Crippen molar-refractivity contribution >= 4 is 21.8 Å². The molecule has 0 heterocycles. The summed E-state index contributed by atoms with van der Waals surface area (Å²) in [5, 5.41) is -0.543. The molecular weight excluding hydrogens is 248 g/mol. The van der Waals surface area contributed by atoms with E-state index in [4.69, 9.17) is 0 Å². The maximum absolute atomic E-state index is 11.6. The fourth-order valence-corrected chi connectivity index (χ4v) is 2.17. The van der Waals surface area contributed by atoms with Gasteiger partial charge in [0, 0.05) is 0 Å². The van der Waals surface area contributed by atoms with Crippen molar-refractivity contribution in [3.63, 3.8) is 0 Å². The van der Waals surface area contributed by atoms with Crippen molar-refractivity contribution in [2.75, 3.05) is 20.0 Å². The molecule has 0 radical (unpaired) electrons. The van der Waals surface area contributed by atoms with Crippen LogP contribution < -0.4 is 0 Å². The van der Waals surface area contributed by atoms with Crippen molar-refractivity contribution in [1.29, 1.82) is 0 Å². The van der Waals surface area contributed by atoms with E-state index in [0.717, 1.165) is 14.2 Å². The first-order valence-corrected chi connectivity index (χ1v) is 6.85. The second kappa shape index (κ2) is 6.58. The number of sulfone groups is 1. The van der Waals surface area contributed by atoms with E-state index in [2.05, 4.69) is 9.47 Å². The summed E-state index contributed by atoms with van der Waals surface area (Å²) in [6.07, 6.45) is -0.125. The number of hydrogen-bond donors (Lipinski definition) is 0. The van der Waals surface area contributed by atoms with Crippen LogP contribution >= 0.6 is 0 Å². The zero-order chi connectivity index (χ0) is 13.6. The van der Waals surface area contributed by atoms with Gasteiger partial charge in [0.05, 0.1) is 25.2 Å². The Morgan fingerprint density at radius 2 is 1.47 bits per heavy atom. The second-order valence-corrected chi connectivity index (χ2v) is 6.48. The van der Waals surface area contributed by atoms with E-state index in [0.29, 0.717) is 0 Å². The normalized spacial score (nSPS) is 11.6. The molecular formula is C10H18O6S. The van der Waals surface area contributed by atoms with Crippen molar-refractivity contribution in [2.45, 2.75) is 25.5 Å². The van der Waals surface area contributed by atoms with Crippen molar-refractivity contribution in [1.82, 2.24) is 0 Å². The van der Waals surface area contributed by atoms with E-state index in [1.807, 2.05) is 0 Å². The van der Waals surface area contributed by atoms with Crippen molar-refractivity contribution in [2.24, 2.45) is 5.92 Å². The fourth-order valence-electron chi connectivity index (χ4n) is 1.13. The average Bonchev–Trinajstić information content (AvgIpc) is 2.27. The third-order valence-corrected chi connectivity index (χ3v) is 4.62. The lowest BCUT2D eigenvalue weighted by Crippen LogP contribution is -2.30. The molecule has 0 saturated carbocycles. The smallest absolute Gasteiger partial charge is 0.320 e. The average molecular weight is 266 g/mol. The van der Waals surface area contributed by atoms with Crippen LogP contribution in [0.25, 0.3) is 0 Å². The summed E-state index contributed by atoms with van der Waals surface area (Å²) in [6.45, 7) is 3.08. The number of carbonyl (C=O) groups is 2. The zero-order valence-electron chi connectivity index (χ0n) is 10.4. The molecule has 0 N–H and O–H groups in total. The molecule has 0 amide bonds. The topological polar surface area (TPSA) is 86.7 Å². The summed E-state index contributed by atoms with van der Waals surface area (Å²) in [6, 6.07) is 0. The van der Waals surface area contributed by atoms with Gasteiger partial charge in [-0.3, -0.25) is 9.59 Å². The maximum atomic E-state index is 11.6. The first kappa shape index (κ1) is 15.9. The molecule has 0 aliphatic heterocycles. The molecule has 0 bridgehead atoms. The lowest BCUT2D eigenvalue weighted by atomic mass is 10.1. The summed E-state index contributed by atoms with van der Waals surface area (Å²) in [5.74, 6) is -3.00. The van der Waals surface area contributed by atoms with E-state index in [1.165, 1.54) is 0 Å². The Labute approximate surface area is 101 Å². The Balaban J connectivity index is 4.69. The minimum atomic E-state index is -3.29. The fraction of sp³-hybridized carbons (Fsp3) is 0.800. The zero-order valence-corrected chi connectivity index (χ0v) is 11.2. The molecule has 6 nitrogen and oxygen atoms in total. The monoisotopic (exact) mass is 266 g/mol. The molecule has 0 fully saturated rings. The maximum Gasteiger partial charge on any atom is 0.320 e. The summed E-state index contributed by atoms with van der Waals surface area (Å²) in [5.41, 5.74) is 0. The van der Waals surface area contributed by atoms with Crippen LogP contribution in [0.4, 0.5) is 0 Å². The van der Waals surface area contributed by atoms with Gasteiger partial charge >= 0.3 is 11.9 Å². The molecule has 7 heteroatoms. The summed E-state index contributed by atoms with van der Waals surface area (Å²) in [7, 11) is -1.02. The van der Waals surface area contributed by atoms with E-state index in [1.54, 1.807) is 13.8 Å². The first-order valence-electron chi connectivity index (χ1n) is 5.13. The number of esters is 2. The molecule has 0 rings (SSSR count). The van der Waals surface area contributed by atoms with E-state index >= 15 is 0 Å². The molecule has 0 aromatic heterocycles. The van der Waals surface area contributed by atoms with Gasteiger partial charge in [-0.05, 0) is 20.3 Å². The predicted octanol–water partition coefficient (Wildman–Crippen LogP) is 0.162. The molecule has 0 aromatic rings. The number of carbonyl (C=O) groups excluding carboxylic acids is 2. The lowest BCUT2D eigenvalue weighted by Gasteiger charge is -2.13. The standard InChI is InChI=1S/C10H18O6S/c1-7(2)17(13,14)6-5-8(9(11)15-3)10(12)16-4/h7-8H,5-6H2,1-4H3. The highest BCUT2D eigenvalue weighted by Crippen LogP contribution is 2.12. The molecule has 0 aromatic carbocycles. The van der Waals surface area contributed by atoms with Crippen LogP contribution in [0.3, 0.4) is 0 Å². The number of ether oxygens (including phenoxy) is 2. The summed E-state index contributed by atoms with van der Waals surface area (Å²) >= 11 is 0. The SMILES string of the molecule is COC(=O)C(CCS(=O)(=O)C(C)C)C(=O)OC.